The first-order valence-electron chi connectivity index (χ1n) is 8.51. The van der Waals surface area contributed by atoms with Crippen molar-refractivity contribution in [1.82, 2.24) is 9.97 Å². The molecule has 0 aliphatic rings. The highest BCUT2D eigenvalue weighted by Gasteiger charge is 2.26. The Labute approximate surface area is 168 Å². The molecular formula is C20H12F3N3O3S. The lowest BCUT2D eigenvalue weighted by Crippen LogP contribution is -2.16. The van der Waals surface area contributed by atoms with Crippen LogP contribution in [0, 0.1) is 17.5 Å². The molecule has 30 heavy (non-hydrogen) atoms. The van der Waals surface area contributed by atoms with Gasteiger partial charge in [0.05, 0.1) is 16.1 Å². The lowest BCUT2D eigenvalue weighted by atomic mass is 10.0. The lowest BCUT2D eigenvalue weighted by Gasteiger charge is -2.12. The first kappa shape index (κ1) is 19.6. The molecule has 2 aromatic carbocycles. The molecule has 0 saturated heterocycles. The van der Waals surface area contributed by atoms with E-state index in [9.17, 15) is 22.0 Å². The normalized spacial score (nSPS) is 11.6. The molecule has 6 nitrogen and oxygen atoms in total. The number of sulfonamides is 1. The molecule has 2 aromatic heterocycles. The summed E-state index contributed by atoms with van der Waals surface area (Å²) in [5, 5.41) is 0.360. The molecule has 2 heterocycles. The minimum absolute atomic E-state index is 0.0190. The molecule has 0 spiro atoms. The Bertz CT molecular complexity index is 1380. The number of benzene rings is 2. The molecule has 4 aromatic rings. The summed E-state index contributed by atoms with van der Waals surface area (Å²) in [5.41, 5.74) is -1.20. The van der Waals surface area contributed by atoms with Gasteiger partial charge in [0.2, 0.25) is 5.78 Å². The molecule has 0 bridgehead atoms. The number of rotatable bonds is 5. The van der Waals surface area contributed by atoms with Crippen LogP contribution in [0.4, 0.5) is 18.9 Å². The van der Waals surface area contributed by atoms with E-state index in [1.165, 1.54) is 12.4 Å². The fraction of sp³-hybridized carbons (Fsp3) is 0. The van der Waals surface area contributed by atoms with E-state index < -0.39 is 44.5 Å². The highest BCUT2D eigenvalue weighted by Crippen LogP contribution is 2.28. The first-order valence-corrected chi connectivity index (χ1v) is 9.99. The SMILES string of the molecule is O=C(c1c(F)ccc(NS(=O)(=O)c2ccc(F)cc2)c1F)c1c[nH]c2ncccc12. The highest BCUT2D eigenvalue weighted by atomic mass is 32.2. The monoisotopic (exact) mass is 431 g/mol. The number of hydrogen-bond acceptors (Lipinski definition) is 4. The fourth-order valence-electron chi connectivity index (χ4n) is 2.94. The zero-order valence-corrected chi connectivity index (χ0v) is 15.8. The van der Waals surface area contributed by atoms with Gasteiger partial charge in [0, 0.05) is 23.3 Å². The van der Waals surface area contributed by atoms with Crippen LogP contribution in [0.25, 0.3) is 11.0 Å². The molecule has 0 radical (unpaired) electrons. The van der Waals surface area contributed by atoms with E-state index >= 15 is 4.39 Å². The van der Waals surface area contributed by atoms with Gasteiger partial charge in [-0.2, -0.15) is 0 Å². The van der Waals surface area contributed by atoms with Crippen LogP contribution in [0.3, 0.4) is 0 Å². The van der Waals surface area contributed by atoms with Crippen molar-refractivity contribution in [3.05, 3.63) is 89.5 Å². The van der Waals surface area contributed by atoms with Gasteiger partial charge >= 0.3 is 0 Å². The molecule has 0 amide bonds. The second-order valence-corrected chi connectivity index (χ2v) is 7.96. The van der Waals surface area contributed by atoms with Crippen molar-refractivity contribution in [2.75, 3.05) is 4.72 Å². The summed E-state index contributed by atoms with van der Waals surface area (Å²) < 4.78 is 69.3. The van der Waals surface area contributed by atoms with E-state index in [2.05, 4.69) is 9.97 Å². The number of nitrogens with one attached hydrogen (secondary N) is 2. The number of halogens is 3. The number of anilines is 1. The maximum Gasteiger partial charge on any atom is 0.261 e. The van der Waals surface area contributed by atoms with E-state index in [1.807, 2.05) is 4.72 Å². The standard InChI is InChI=1S/C20H12F3N3O3S/c21-11-3-5-12(6-4-11)30(28,29)26-16-8-7-15(22)17(18(16)23)19(27)14-10-25-20-13(14)2-1-9-24-20/h1-10,26H,(H,24,25). The number of carbonyl (C=O) groups excluding carboxylic acids is 1. The van der Waals surface area contributed by atoms with Crippen molar-refractivity contribution in [3.8, 4) is 0 Å². The summed E-state index contributed by atoms with van der Waals surface area (Å²) in [4.78, 5) is 19.3. The first-order chi connectivity index (χ1) is 14.3. The van der Waals surface area contributed by atoms with Gasteiger partial charge < -0.3 is 4.98 Å². The molecule has 152 valence electrons. The van der Waals surface area contributed by atoms with Crippen LogP contribution in [0.1, 0.15) is 15.9 Å². The van der Waals surface area contributed by atoms with Crippen LogP contribution < -0.4 is 4.72 Å². The van der Waals surface area contributed by atoms with Crippen LogP contribution in [-0.4, -0.2) is 24.2 Å². The molecule has 2 N–H and O–H groups in total. The molecule has 0 atom stereocenters. The van der Waals surface area contributed by atoms with E-state index in [-0.39, 0.29) is 10.5 Å². The predicted octanol–water partition coefficient (Wildman–Crippen LogP) is 4.01. The largest absolute Gasteiger partial charge is 0.345 e. The zero-order chi connectivity index (χ0) is 21.5. The van der Waals surface area contributed by atoms with Crippen LogP contribution in [-0.2, 0) is 10.0 Å². The Morgan fingerprint density at radius 2 is 1.73 bits per heavy atom. The van der Waals surface area contributed by atoms with Gasteiger partial charge in [0.25, 0.3) is 10.0 Å². The summed E-state index contributed by atoms with van der Waals surface area (Å²) in [7, 11) is -4.30. The Morgan fingerprint density at radius 3 is 2.47 bits per heavy atom. The number of ketones is 1. The summed E-state index contributed by atoms with van der Waals surface area (Å²) >= 11 is 0. The van der Waals surface area contributed by atoms with Crippen molar-refractivity contribution >= 4 is 32.5 Å². The summed E-state index contributed by atoms with van der Waals surface area (Å²) in [6.45, 7) is 0. The molecule has 0 aliphatic carbocycles. The van der Waals surface area contributed by atoms with E-state index in [0.29, 0.717) is 11.0 Å². The van der Waals surface area contributed by atoms with E-state index in [0.717, 1.165) is 36.4 Å². The molecule has 10 heteroatoms. The second kappa shape index (κ2) is 7.30. The van der Waals surface area contributed by atoms with Gasteiger partial charge in [0.1, 0.15) is 17.3 Å². The van der Waals surface area contributed by atoms with Gasteiger partial charge in [-0.25, -0.2) is 26.6 Å². The topological polar surface area (TPSA) is 91.9 Å². The maximum absolute atomic E-state index is 15.0. The van der Waals surface area contributed by atoms with Crippen LogP contribution in [0.15, 0.2) is 65.8 Å². The van der Waals surface area contributed by atoms with Crippen LogP contribution in [0.5, 0.6) is 0 Å². The number of nitrogens with zero attached hydrogens (tertiary/aromatic N) is 1. The average molecular weight is 431 g/mol. The molecule has 0 fully saturated rings. The lowest BCUT2D eigenvalue weighted by molar-refractivity contribution is 0.103. The Hall–Kier alpha value is -3.66. The van der Waals surface area contributed by atoms with Crippen molar-refractivity contribution in [3.63, 3.8) is 0 Å². The number of hydrogen-bond donors (Lipinski definition) is 2. The molecule has 0 unspecified atom stereocenters. The quantitative estimate of drug-likeness (QED) is 0.467. The number of fused-ring (bicyclic) bond motifs is 1. The van der Waals surface area contributed by atoms with Gasteiger partial charge in [-0.3, -0.25) is 9.52 Å². The van der Waals surface area contributed by atoms with Gasteiger partial charge in [0.15, 0.2) is 5.82 Å². The maximum atomic E-state index is 15.0. The highest BCUT2D eigenvalue weighted by molar-refractivity contribution is 7.92. The second-order valence-electron chi connectivity index (χ2n) is 6.27. The molecule has 4 rings (SSSR count). The number of aromatic amines is 1. The zero-order valence-electron chi connectivity index (χ0n) is 15.0. The van der Waals surface area contributed by atoms with E-state index in [4.69, 9.17) is 0 Å². The summed E-state index contributed by atoms with van der Waals surface area (Å²) in [5.74, 6) is -4.15. The minimum atomic E-state index is -4.30. The van der Waals surface area contributed by atoms with Gasteiger partial charge in [-0.05, 0) is 48.5 Å². The minimum Gasteiger partial charge on any atom is -0.345 e. The van der Waals surface area contributed by atoms with Gasteiger partial charge in [-0.15, -0.1) is 0 Å². The molecular weight excluding hydrogens is 419 g/mol. The van der Waals surface area contributed by atoms with Crippen molar-refractivity contribution < 1.29 is 26.4 Å². The Balaban J connectivity index is 1.75. The van der Waals surface area contributed by atoms with Crippen molar-refractivity contribution in [2.24, 2.45) is 0 Å². The van der Waals surface area contributed by atoms with E-state index in [1.54, 1.807) is 12.1 Å². The third-order valence-corrected chi connectivity index (χ3v) is 5.76. The van der Waals surface area contributed by atoms with Crippen molar-refractivity contribution in [2.45, 2.75) is 4.90 Å². The predicted molar refractivity (Wildman–Crippen MR) is 103 cm³/mol. The number of carbonyl (C=O) groups is 1. The summed E-state index contributed by atoms with van der Waals surface area (Å²) in [6.07, 6.45) is 2.76. The van der Waals surface area contributed by atoms with Gasteiger partial charge in [-0.1, -0.05) is 0 Å². The smallest absolute Gasteiger partial charge is 0.261 e. The fourth-order valence-corrected chi connectivity index (χ4v) is 3.99. The number of aromatic nitrogens is 2. The Kier molecular flexibility index (Phi) is 4.78. The van der Waals surface area contributed by atoms with Crippen LogP contribution in [0.2, 0.25) is 0 Å². The summed E-state index contributed by atoms with van der Waals surface area (Å²) in [6, 6.07) is 8.60. The Morgan fingerprint density at radius 1 is 1.00 bits per heavy atom. The third kappa shape index (κ3) is 3.41. The van der Waals surface area contributed by atoms with Crippen molar-refractivity contribution in [1.29, 1.82) is 0 Å². The molecule has 0 saturated carbocycles. The molecule has 0 aliphatic heterocycles. The third-order valence-electron chi connectivity index (χ3n) is 4.38. The van der Waals surface area contributed by atoms with Crippen LogP contribution >= 0.6 is 0 Å². The number of pyridine rings is 1. The number of H-pyrrole nitrogens is 1. The average Bonchev–Trinajstić information content (AvgIpc) is 3.14.